The number of carbonyl (C=O) groups excluding carboxylic acids is 1. The number of nitrogen functional groups attached to an aromatic ring is 1. The zero-order valence-electron chi connectivity index (χ0n) is 31.7. The van der Waals surface area contributed by atoms with Crippen LogP contribution < -0.4 is 11.1 Å². The van der Waals surface area contributed by atoms with Gasteiger partial charge in [0.15, 0.2) is 5.75 Å². The molecule has 9 nitrogen and oxygen atoms in total. The first-order chi connectivity index (χ1) is 29.0. The van der Waals surface area contributed by atoms with Crippen molar-refractivity contribution in [3.63, 3.8) is 0 Å². The molecule has 6 N–H and O–H groups in total. The van der Waals surface area contributed by atoms with Crippen LogP contribution in [-0.4, -0.2) is 38.0 Å². The molecule has 9 heteroatoms. The van der Waals surface area contributed by atoms with Gasteiger partial charge in [-0.1, -0.05) is 115 Å². The zero-order valence-corrected chi connectivity index (χ0v) is 31.7. The number of benzene rings is 7. The molecule has 0 unspecified atom stereocenters. The average Bonchev–Trinajstić information content (AvgIpc) is 4.03. The lowest BCUT2D eigenvalue weighted by atomic mass is 10.0. The first-order valence-electron chi connectivity index (χ1n) is 19.1. The van der Waals surface area contributed by atoms with Crippen LogP contribution in [0.3, 0.4) is 0 Å². The molecule has 0 spiro atoms. The molecular formula is C50H37N7O2. The molecule has 0 atom stereocenters. The number of nitrogens with two attached hydrogens (primary N) is 1. The fourth-order valence-electron chi connectivity index (χ4n) is 7.09. The van der Waals surface area contributed by atoms with Crippen LogP contribution in [0, 0.1) is 0 Å². The van der Waals surface area contributed by atoms with E-state index in [9.17, 15) is 9.90 Å². The third-order valence-corrected chi connectivity index (χ3v) is 9.91. The number of aliphatic imine (C=N–C) groups is 3. The van der Waals surface area contributed by atoms with Crippen molar-refractivity contribution in [2.24, 2.45) is 15.0 Å². The Morgan fingerprint density at radius 1 is 0.525 bits per heavy atom. The summed E-state index contributed by atoms with van der Waals surface area (Å²) >= 11 is 0. The average molecular weight is 768 g/mol. The van der Waals surface area contributed by atoms with Crippen LogP contribution in [0.5, 0.6) is 5.75 Å². The van der Waals surface area contributed by atoms with Crippen molar-refractivity contribution in [3.05, 3.63) is 211 Å². The SMILES string of the molecule is Nc1ccccc1.O=C1C(c2[nH]c3ccccc3c2O)=Nc2ccccc21.c1ccc(N=C2C(c3[nH]c4ccccc4c3Nc3ccccc3)=Nc3ccccc32)cc1. The van der Waals surface area contributed by atoms with Crippen LogP contribution in [0.25, 0.3) is 21.8 Å². The second-order valence-corrected chi connectivity index (χ2v) is 13.8. The van der Waals surface area contributed by atoms with E-state index in [1.807, 2.05) is 127 Å². The van der Waals surface area contributed by atoms with Crippen molar-refractivity contribution < 1.29 is 9.90 Å². The Kier molecular flexibility index (Phi) is 9.89. The molecule has 2 aromatic heterocycles. The molecule has 2 aliphatic heterocycles. The maximum Gasteiger partial charge on any atom is 0.215 e. The van der Waals surface area contributed by atoms with Crippen LogP contribution in [0.2, 0.25) is 0 Å². The number of nitrogens with one attached hydrogen (secondary N) is 3. The number of nitrogens with zero attached hydrogens (tertiary/aromatic N) is 3. The summed E-state index contributed by atoms with van der Waals surface area (Å²) in [6.45, 7) is 0. The first kappa shape index (κ1) is 36.3. The third-order valence-electron chi connectivity index (χ3n) is 9.91. The van der Waals surface area contributed by atoms with E-state index in [4.69, 9.17) is 15.7 Å². The molecule has 0 aliphatic carbocycles. The molecular weight excluding hydrogens is 731 g/mol. The van der Waals surface area contributed by atoms with Gasteiger partial charge in [-0.2, -0.15) is 0 Å². The van der Waals surface area contributed by atoms with Gasteiger partial charge in [-0.15, -0.1) is 0 Å². The number of para-hydroxylation sites is 7. The topological polar surface area (TPSA) is 144 Å². The van der Waals surface area contributed by atoms with E-state index in [2.05, 4.69) is 56.7 Å². The zero-order chi connectivity index (χ0) is 40.1. The van der Waals surface area contributed by atoms with Crippen molar-refractivity contribution in [2.75, 3.05) is 11.1 Å². The predicted molar refractivity (Wildman–Crippen MR) is 241 cm³/mol. The Bertz CT molecular complexity index is 3060. The minimum Gasteiger partial charge on any atom is -0.505 e. The van der Waals surface area contributed by atoms with Crippen LogP contribution in [0.4, 0.5) is 34.1 Å². The van der Waals surface area contributed by atoms with Crippen LogP contribution in [0.1, 0.15) is 27.3 Å². The molecule has 0 saturated heterocycles. The largest absolute Gasteiger partial charge is 0.505 e. The molecule has 0 bridgehead atoms. The number of hydrogen-bond acceptors (Lipinski definition) is 7. The number of aromatic amines is 2. The van der Waals surface area contributed by atoms with E-state index in [-0.39, 0.29) is 17.2 Å². The fourth-order valence-corrected chi connectivity index (χ4v) is 7.09. The van der Waals surface area contributed by atoms with E-state index >= 15 is 0 Å². The molecule has 0 amide bonds. The van der Waals surface area contributed by atoms with Crippen molar-refractivity contribution in [1.29, 1.82) is 0 Å². The monoisotopic (exact) mass is 767 g/mol. The van der Waals surface area contributed by atoms with E-state index in [0.29, 0.717) is 22.3 Å². The lowest BCUT2D eigenvalue weighted by Crippen LogP contribution is -2.14. The number of H-pyrrole nitrogens is 2. The summed E-state index contributed by atoms with van der Waals surface area (Å²) < 4.78 is 0. The minimum absolute atomic E-state index is 0.0699. The van der Waals surface area contributed by atoms with Crippen molar-refractivity contribution in [1.82, 2.24) is 9.97 Å². The summed E-state index contributed by atoms with van der Waals surface area (Å²) in [4.78, 5) is 33.4. The van der Waals surface area contributed by atoms with E-state index in [1.54, 1.807) is 24.3 Å². The second-order valence-electron chi connectivity index (χ2n) is 13.8. The standard InChI is InChI=1S/C28H20N4.C16H10N2O2.C6H7N/c1-3-11-19(12-4-1)29-25-21-15-7-9-17-23(21)31-27(25)28-26(30-20-13-5-2-6-14-20)22-16-8-10-18-24(22)32-28;19-15-9-5-1-3-7-11(9)17-13(15)14-16(20)10-6-2-4-8-12(10)18-14;7-6-4-2-1-3-5-6/h1-18,29,31H;1-8,17,19H;1-5H,7H2. The van der Waals surface area contributed by atoms with E-state index < -0.39 is 0 Å². The van der Waals surface area contributed by atoms with Gasteiger partial charge in [0.05, 0.1) is 28.4 Å². The van der Waals surface area contributed by atoms with E-state index in [0.717, 1.165) is 67.5 Å². The first-order valence-corrected chi connectivity index (χ1v) is 19.1. The van der Waals surface area contributed by atoms with Crippen molar-refractivity contribution >= 4 is 78.8 Å². The summed E-state index contributed by atoms with van der Waals surface area (Å²) in [6.07, 6.45) is 0. The van der Waals surface area contributed by atoms with Crippen LogP contribution in [0.15, 0.2) is 203 Å². The maximum atomic E-state index is 12.4. The Labute approximate surface area is 340 Å². The number of anilines is 3. The number of ketones is 1. The Hall–Kier alpha value is -8.30. The van der Waals surface area contributed by atoms with Gasteiger partial charge in [0.1, 0.15) is 22.8 Å². The number of hydrogen-bond donors (Lipinski definition) is 5. The number of carbonyl (C=O) groups is 1. The molecule has 9 aromatic rings. The van der Waals surface area contributed by atoms with Gasteiger partial charge in [0.2, 0.25) is 5.78 Å². The number of fused-ring (bicyclic) bond motifs is 4. The maximum absolute atomic E-state index is 12.4. The summed E-state index contributed by atoms with van der Waals surface area (Å²) in [5, 5.41) is 15.7. The summed E-state index contributed by atoms with van der Waals surface area (Å²) in [5.41, 5.74) is 17.4. The fraction of sp³-hybridized carbons (Fsp3) is 0. The highest BCUT2D eigenvalue weighted by molar-refractivity contribution is 6.58. The molecule has 11 rings (SSSR count). The summed E-state index contributed by atoms with van der Waals surface area (Å²) in [6, 6.07) is 60.7. The van der Waals surface area contributed by atoms with Crippen molar-refractivity contribution in [2.45, 2.75) is 0 Å². The number of Topliss-reactive ketones (excluding diaryl/α,β-unsaturated/α-hetero) is 1. The van der Waals surface area contributed by atoms with Gasteiger partial charge in [-0.3, -0.25) is 4.79 Å². The molecule has 0 radical (unpaired) electrons. The van der Waals surface area contributed by atoms with Crippen molar-refractivity contribution in [3.8, 4) is 5.75 Å². The lowest BCUT2D eigenvalue weighted by molar-refractivity contribution is 0.106. The predicted octanol–water partition coefficient (Wildman–Crippen LogP) is 11.6. The van der Waals surface area contributed by atoms with Gasteiger partial charge < -0.3 is 26.1 Å². The normalized spacial score (nSPS) is 13.2. The van der Waals surface area contributed by atoms with Crippen LogP contribution in [-0.2, 0) is 0 Å². The van der Waals surface area contributed by atoms with E-state index in [1.165, 1.54) is 0 Å². The molecule has 7 aromatic carbocycles. The van der Waals surface area contributed by atoms with Crippen LogP contribution >= 0.6 is 0 Å². The smallest absolute Gasteiger partial charge is 0.215 e. The highest BCUT2D eigenvalue weighted by Crippen LogP contribution is 2.38. The molecule has 0 saturated carbocycles. The summed E-state index contributed by atoms with van der Waals surface area (Å²) in [7, 11) is 0. The highest BCUT2D eigenvalue weighted by Gasteiger charge is 2.30. The second kappa shape index (κ2) is 16.0. The van der Waals surface area contributed by atoms with Gasteiger partial charge in [-0.05, 0) is 72.8 Å². The number of aromatic nitrogens is 2. The lowest BCUT2D eigenvalue weighted by Gasteiger charge is -2.10. The molecule has 284 valence electrons. The quantitative estimate of drug-likeness (QED) is 0.111. The Morgan fingerprint density at radius 2 is 1.03 bits per heavy atom. The van der Waals surface area contributed by atoms with Gasteiger partial charge in [-0.25, -0.2) is 15.0 Å². The number of aromatic hydroxyl groups is 1. The summed E-state index contributed by atoms with van der Waals surface area (Å²) in [5.74, 6) is -0.0945. The van der Waals surface area contributed by atoms with Gasteiger partial charge in [0.25, 0.3) is 0 Å². The Balaban J connectivity index is 0.000000140. The molecule has 0 fully saturated rings. The van der Waals surface area contributed by atoms with Gasteiger partial charge >= 0.3 is 0 Å². The Morgan fingerprint density at radius 3 is 1.68 bits per heavy atom. The highest BCUT2D eigenvalue weighted by atomic mass is 16.3. The molecule has 4 heterocycles. The van der Waals surface area contributed by atoms with Gasteiger partial charge in [0, 0.05) is 44.3 Å². The third kappa shape index (κ3) is 7.39. The molecule has 59 heavy (non-hydrogen) atoms. The number of rotatable bonds is 5. The minimum atomic E-state index is -0.164. The molecule has 2 aliphatic rings.